The minimum atomic E-state index is 0. The minimum absolute atomic E-state index is 0. The van der Waals surface area contributed by atoms with Crippen molar-refractivity contribution < 1.29 is 42.1 Å². The Morgan fingerprint density at radius 2 is 1.00 bits per heavy atom. The number of fused-ring (bicyclic) bond motifs is 6. The molecular weight excluding hydrogens is 1050 g/mol. The Hall–Kier alpha value is -5.02. The van der Waals surface area contributed by atoms with E-state index in [1.54, 1.807) is 0 Å². The Kier molecular flexibility index (Phi) is 11.6. The first-order valence-corrected chi connectivity index (χ1v) is 18.7. The molecule has 2 heterocycles. The summed E-state index contributed by atoms with van der Waals surface area (Å²) < 4.78 is 4.40. The van der Waals surface area contributed by atoms with E-state index in [0.29, 0.717) is 0 Å². The predicted molar refractivity (Wildman–Crippen MR) is 216 cm³/mol. The minimum Gasteiger partial charge on any atom is -0.320 e. The molecule has 2 aromatic heterocycles. The second-order valence-electron chi connectivity index (χ2n) is 14.6. The van der Waals surface area contributed by atoms with E-state index in [1.165, 1.54) is 50.2 Å². The zero-order valence-corrected chi connectivity index (χ0v) is 36.1. The van der Waals surface area contributed by atoms with Crippen molar-refractivity contribution in [3.8, 4) is 56.4 Å². The van der Waals surface area contributed by atoms with Gasteiger partial charge in [0.2, 0.25) is 0 Å². The molecule has 10 rings (SSSR count). The first-order chi connectivity index (χ1) is 26.5. The number of aromatic nitrogens is 6. The van der Waals surface area contributed by atoms with Crippen molar-refractivity contribution in [1.82, 2.24) is 29.5 Å². The van der Waals surface area contributed by atoms with Crippen molar-refractivity contribution in [1.29, 1.82) is 0 Å². The van der Waals surface area contributed by atoms with Crippen molar-refractivity contribution in [2.75, 3.05) is 0 Å². The molecule has 0 radical (unpaired) electrons. The van der Waals surface area contributed by atoms with E-state index in [0.717, 1.165) is 53.0 Å². The quantitative estimate of drug-likeness (QED) is 0.156. The normalized spacial score (nSPS) is 11.8. The van der Waals surface area contributed by atoms with Crippen LogP contribution < -0.4 is 0 Å². The zero-order valence-electron chi connectivity index (χ0n) is 31.6. The van der Waals surface area contributed by atoms with Crippen LogP contribution in [-0.4, -0.2) is 29.5 Å². The predicted octanol–water partition coefficient (Wildman–Crippen LogP) is 10.9. The molecule has 0 aliphatic heterocycles. The number of rotatable bonds is 6. The van der Waals surface area contributed by atoms with E-state index in [9.17, 15) is 0 Å². The standard InChI is InChI=1S/2C24H20N3.2Pt/c1-16(2)23-25-26-24(17-9-4-3-5-10-17)27(23)22-14-8-13-20-19-12-7-6-11-18(19)15-21(20)22;1-16(2)23-25-26-24(17-8-4-3-5-9-17)27(23)20-12-13-22-19(15-20)14-18-10-6-7-11-21(18)22;;/h3-9,11-14,16H,15H2,1-2H3;3-8,10-13,15-16H,14H2,1-2H3;;/q2*-1;;. The molecule has 0 fully saturated rings. The summed E-state index contributed by atoms with van der Waals surface area (Å²) in [5.41, 5.74) is 15.0. The Bertz CT molecular complexity index is 2630. The van der Waals surface area contributed by atoms with Crippen molar-refractivity contribution in [3.63, 3.8) is 0 Å². The van der Waals surface area contributed by atoms with E-state index in [2.05, 4.69) is 154 Å². The molecule has 0 unspecified atom stereocenters. The van der Waals surface area contributed by atoms with E-state index in [4.69, 9.17) is 0 Å². The molecule has 6 aromatic carbocycles. The van der Waals surface area contributed by atoms with Gasteiger partial charge in [-0.05, 0) is 69.1 Å². The van der Waals surface area contributed by atoms with Gasteiger partial charge >= 0.3 is 0 Å². The van der Waals surface area contributed by atoms with Crippen LogP contribution in [0.15, 0.2) is 133 Å². The number of nitrogens with zero attached hydrogens (tertiary/aromatic N) is 6. The number of hydrogen-bond donors (Lipinski definition) is 0. The molecule has 0 spiro atoms. The van der Waals surface area contributed by atoms with Crippen LogP contribution in [-0.2, 0) is 55.0 Å². The molecule has 0 saturated heterocycles. The topological polar surface area (TPSA) is 61.4 Å². The van der Waals surface area contributed by atoms with Gasteiger partial charge in [0.05, 0.1) is 11.6 Å². The third-order valence-corrected chi connectivity index (χ3v) is 10.4. The number of benzene rings is 6. The first kappa shape index (κ1) is 39.2. The molecule has 0 N–H and O–H groups in total. The van der Waals surface area contributed by atoms with E-state index >= 15 is 0 Å². The van der Waals surface area contributed by atoms with Gasteiger partial charge in [-0.25, -0.2) is 0 Å². The van der Waals surface area contributed by atoms with Crippen molar-refractivity contribution >= 4 is 0 Å². The van der Waals surface area contributed by atoms with Crippen LogP contribution in [0.25, 0.3) is 56.4 Å². The summed E-state index contributed by atoms with van der Waals surface area (Å²) >= 11 is 0. The molecule has 2 aliphatic carbocycles. The number of hydrogen-bond acceptors (Lipinski definition) is 4. The summed E-state index contributed by atoms with van der Waals surface area (Å²) in [6.07, 6.45) is 1.92. The molecule has 56 heavy (non-hydrogen) atoms. The molecule has 284 valence electrons. The van der Waals surface area contributed by atoms with Crippen LogP contribution >= 0.6 is 0 Å². The van der Waals surface area contributed by atoms with Crippen molar-refractivity contribution in [3.05, 3.63) is 179 Å². The zero-order chi connectivity index (χ0) is 36.8. The van der Waals surface area contributed by atoms with Gasteiger partial charge < -0.3 is 9.13 Å². The van der Waals surface area contributed by atoms with Crippen molar-refractivity contribution in [2.24, 2.45) is 0 Å². The van der Waals surface area contributed by atoms with Gasteiger partial charge in [0.15, 0.2) is 0 Å². The van der Waals surface area contributed by atoms with Crippen LogP contribution in [0.3, 0.4) is 0 Å². The van der Waals surface area contributed by atoms with Gasteiger partial charge in [-0.1, -0.05) is 94.4 Å². The average molecular weight is 1090 g/mol. The maximum atomic E-state index is 4.54. The van der Waals surface area contributed by atoms with Gasteiger partial charge in [0.25, 0.3) is 0 Å². The first-order valence-electron chi connectivity index (χ1n) is 18.7. The molecule has 0 saturated carbocycles. The van der Waals surface area contributed by atoms with E-state index in [1.807, 2.05) is 48.5 Å². The van der Waals surface area contributed by atoms with E-state index in [-0.39, 0.29) is 54.0 Å². The summed E-state index contributed by atoms with van der Waals surface area (Å²) in [6.45, 7) is 8.64. The summed E-state index contributed by atoms with van der Waals surface area (Å²) in [5.74, 6) is 4.19. The van der Waals surface area contributed by atoms with Gasteiger partial charge in [0, 0.05) is 71.8 Å². The Morgan fingerprint density at radius 3 is 1.61 bits per heavy atom. The van der Waals surface area contributed by atoms with Gasteiger partial charge in [-0.3, -0.25) is 0 Å². The average Bonchev–Trinajstić information content (AvgIpc) is 4.01. The van der Waals surface area contributed by atoms with Gasteiger partial charge in [-0.15, -0.1) is 82.0 Å². The molecule has 6 nitrogen and oxygen atoms in total. The van der Waals surface area contributed by atoms with Crippen LogP contribution in [0, 0.1) is 12.1 Å². The Balaban J connectivity index is 0.000000166. The maximum absolute atomic E-state index is 4.54. The van der Waals surface area contributed by atoms with Crippen LogP contribution in [0.1, 0.15) is 73.4 Å². The Morgan fingerprint density at radius 1 is 0.482 bits per heavy atom. The third kappa shape index (κ3) is 7.10. The fraction of sp³-hybridized carbons (Fsp3) is 0.167. The van der Waals surface area contributed by atoms with Crippen LogP contribution in [0.2, 0.25) is 0 Å². The van der Waals surface area contributed by atoms with Crippen molar-refractivity contribution in [2.45, 2.75) is 52.4 Å². The monoisotopic (exact) mass is 1090 g/mol. The summed E-state index contributed by atoms with van der Waals surface area (Å²) in [6, 6.07) is 53.1. The maximum Gasteiger partial charge on any atom is 0.131 e. The van der Waals surface area contributed by atoms with Gasteiger partial charge in [0.1, 0.15) is 11.6 Å². The summed E-state index contributed by atoms with van der Waals surface area (Å²) in [5, 5.41) is 18.1. The third-order valence-electron chi connectivity index (χ3n) is 10.4. The molecule has 2 aliphatic rings. The van der Waals surface area contributed by atoms with Crippen LogP contribution in [0.4, 0.5) is 0 Å². The van der Waals surface area contributed by atoms with Crippen LogP contribution in [0.5, 0.6) is 0 Å². The largest absolute Gasteiger partial charge is 0.320 e. The smallest absolute Gasteiger partial charge is 0.131 e. The second-order valence-corrected chi connectivity index (χ2v) is 14.6. The SMILES string of the molecule is CC(C)c1nnc(-c2[c-]cccc2)n1-c1ccc2c(c1)Cc1ccccc1-2.CC(C)c1nnc(-c2[c-]cccc2)n1-c1cccc2c1Cc1ccccc1-2.[Pt].[Pt]. The molecule has 0 bridgehead atoms. The molecular formula is C48H40N6Pt2-2. The molecule has 8 heteroatoms. The van der Waals surface area contributed by atoms with E-state index < -0.39 is 0 Å². The molecule has 8 aromatic rings. The van der Waals surface area contributed by atoms with Gasteiger partial charge in [-0.2, -0.15) is 10.2 Å². The fourth-order valence-electron chi connectivity index (χ4n) is 7.87. The summed E-state index contributed by atoms with van der Waals surface area (Å²) in [7, 11) is 0. The Labute approximate surface area is 357 Å². The fourth-order valence-corrected chi connectivity index (χ4v) is 7.87. The second kappa shape index (κ2) is 16.6. The summed E-state index contributed by atoms with van der Waals surface area (Å²) in [4.78, 5) is 0. The molecule has 0 amide bonds. The molecule has 0 atom stereocenters.